The smallest absolute Gasteiger partial charge is 0.269 e. The summed E-state index contributed by atoms with van der Waals surface area (Å²) >= 11 is 1.55. The molecule has 4 amide bonds. The molecule has 0 unspecified atom stereocenters. The lowest BCUT2D eigenvalue weighted by molar-refractivity contribution is -0.134. The molecule has 0 bridgehead atoms. The number of anilines is 1. The molecule has 1 aromatic carbocycles. The zero-order valence-corrected chi connectivity index (χ0v) is 9.21. The Morgan fingerprint density at radius 2 is 1.75 bits per heavy atom. The predicted molar refractivity (Wildman–Crippen MR) is 59.2 cm³/mol. The third-order valence-corrected chi connectivity index (χ3v) is 2.90. The van der Waals surface area contributed by atoms with Gasteiger partial charge >= 0.3 is 17.8 Å². The summed E-state index contributed by atoms with van der Waals surface area (Å²) in [6.07, 6.45) is 1.92. The van der Waals surface area contributed by atoms with Gasteiger partial charge in [0.1, 0.15) is 0 Å². The number of carbonyl (C=O) groups is 3. The Morgan fingerprint density at radius 3 is 2.19 bits per heavy atom. The highest BCUT2D eigenvalue weighted by Gasteiger charge is 2.37. The van der Waals surface area contributed by atoms with Gasteiger partial charge in [-0.15, -0.1) is 11.8 Å². The van der Waals surface area contributed by atoms with Crippen LogP contribution in [0.5, 0.6) is 0 Å². The van der Waals surface area contributed by atoms with Gasteiger partial charge in [0.05, 0.1) is 5.69 Å². The summed E-state index contributed by atoms with van der Waals surface area (Å²) < 4.78 is 0. The van der Waals surface area contributed by atoms with Gasteiger partial charge in [-0.2, -0.15) is 0 Å². The van der Waals surface area contributed by atoms with E-state index in [0.717, 1.165) is 9.80 Å². The fourth-order valence-corrected chi connectivity index (χ4v) is 1.77. The minimum Gasteiger partial charge on any atom is -0.269 e. The molecular weight excluding hydrogens is 228 g/mol. The highest BCUT2D eigenvalue weighted by molar-refractivity contribution is 7.98. The van der Waals surface area contributed by atoms with Gasteiger partial charge in [-0.1, -0.05) is 0 Å². The number of rotatable bonds is 2. The Balaban J connectivity index is 2.33. The lowest BCUT2D eigenvalue weighted by Crippen LogP contribution is -2.30. The molecule has 16 heavy (non-hydrogen) atoms. The van der Waals surface area contributed by atoms with Crippen molar-refractivity contribution in [2.24, 2.45) is 0 Å². The normalized spacial score (nSPS) is 15.6. The standard InChI is InChI=1S/C10H8N2O3S/c1-16-7-4-2-6(3-5-7)12-9(14)8(13)11-10(12)15/h2-5H,1H3,(H,11,13,15). The number of hydrogen-bond donors (Lipinski definition) is 1. The molecule has 0 saturated carbocycles. The maximum absolute atomic E-state index is 11.4. The monoisotopic (exact) mass is 236 g/mol. The Labute approximate surface area is 95.8 Å². The molecule has 1 aliphatic rings. The van der Waals surface area contributed by atoms with E-state index in [1.165, 1.54) is 0 Å². The second-order valence-corrected chi connectivity index (χ2v) is 3.98. The van der Waals surface area contributed by atoms with E-state index in [2.05, 4.69) is 0 Å². The molecule has 5 nitrogen and oxygen atoms in total. The minimum atomic E-state index is -0.890. The summed E-state index contributed by atoms with van der Waals surface area (Å²) in [6, 6.07) is 6.11. The van der Waals surface area contributed by atoms with Crippen LogP contribution in [0.3, 0.4) is 0 Å². The van der Waals surface area contributed by atoms with E-state index >= 15 is 0 Å². The van der Waals surface area contributed by atoms with Crippen molar-refractivity contribution in [1.29, 1.82) is 0 Å². The SMILES string of the molecule is CSc1ccc(N2C(=O)NC(=O)C2=O)cc1. The van der Waals surface area contributed by atoms with E-state index in [-0.39, 0.29) is 0 Å². The average molecular weight is 236 g/mol. The molecule has 1 heterocycles. The number of imide groups is 2. The molecule has 2 rings (SSSR count). The summed E-state index contributed by atoms with van der Waals surface area (Å²) in [4.78, 5) is 35.5. The quantitative estimate of drug-likeness (QED) is 0.472. The van der Waals surface area contributed by atoms with Crippen LogP contribution in [0.1, 0.15) is 0 Å². The molecule has 1 aliphatic heterocycles. The lowest BCUT2D eigenvalue weighted by atomic mass is 10.3. The van der Waals surface area contributed by atoms with Crippen LogP contribution < -0.4 is 10.2 Å². The Morgan fingerprint density at radius 1 is 1.12 bits per heavy atom. The number of nitrogens with zero attached hydrogens (tertiary/aromatic N) is 1. The summed E-state index contributed by atoms with van der Waals surface area (Å²) in [7, 11) is 0. The molecule has 1 fully saturated rings. The first-order valence-corrected chi connectivity index (χ1v) is 5.69. The van der Waals surface area contributed by atoms with Crippen molar-refractivity contribution in [3.05, 3.63) is 24.3 Å². The van der Waals surface area contributed by atoms with Crippen LogP contribution in [0.2, 0.25) is 0 Å². The number of amides is 4. The Hall–Kier alpha value is -1.82. The second kappa shape index (κ2) is 3.97. The first-order chi connectivity index (χ1) is 7.63. The van der Waals surface area contributed by atoms with Gasteiger partial charge in [-0.3, -0.25) is 14.9 Å². The maximum atomic E-state index is 11.4. The van der Waals surface area contributed by atoms with Crippen molar-refractivity contribution in [3.8, 4) is 0 Å². The lowest BCUT2D eigenvalue weighted by Gasteiger charge is -2.11. The first-order valence-electron chi connectivity index (χ1n) is 4.47. The van der Waals surface area contributed by atoms with E-state index < -0.39 is 17.8 Å². The van der Waals surface area contributed by atoms with Crippen molar-refractivity contribution in [3.63, 3.8) is 0 Å². The van der Waals surface area contributed by atoms with Crippen LogP contribution in [0.15, 0.2) is 29.2 Å². The molecular formula is C10H8N2O3S. The predicted octanol–water partition coefficient (Wildman–Crippen LogP) is 0.991. The Bertz CT molecular complexity index is 469. The zero-order valence-electron chi connectivity index (χ0n) is 8.39. The van der Waals surface area contributed by atoms with E-state index in [0.29, 0.717) is 5.69 Å². The van der Waals surface area contributed by atoms with Crippen LogP contribution in [-0.2, 0) is 9.59 Å². The van der Waals surface area contributed by atoms with Crippen LogP contribution in [0.25, 0.3) is 0 Å². The fraction of sp³-hybridized carbons (Fsp3) is 0.100. The van der Waals surface area contributed by atoms with Crippen molar-refractivity contribution in [2.45, 2.75) is 4.90 Å². The number of nitrogens with one attached hydrogen (secondary N) is 1. The summed E-state index contributed by atoms with van der Waals surface area (Å²) in [6.45, 7) is 0. The average Bonchev–Trinajstić information content (AvgIpc) is 2.54. The topological polar surface area (TPSA) is 66.5 Å². The van der Waals surface area contributed by atoms with Crippen molar-refractivity contribution >= 4 is 35.3 Å². The molecule has 1 aromatic rings. The summed E-state index contributed by atoms with van der Waals surface area (Å²) in [5.74, 6) is -1.74. The number of carbonyl (C=O) groups excluding carboxylic acids is 3. The van der Waals surface area contributed by atoms with Crippen molar-refractivity contribution in [2.75, 3.05) is 11.2 Å². The van der Waals surface area contributed by atoms with E-state index in [1.54, 1.807) is 36.0 Å². The molecule has 0 atom stereocenters. The molecule has 0 radical (unpaired) electrons. The van der Waals surface area contributed by atoms with Gasteiger partial charge < -0.3 is 0 Å². The summed E-state index contributed by atoms with van der Waals surface area (Å²) in [5.41, 5.74) is 0.395. The zero-order chi connectivity index (χ0) is 11.7. The van der Waals surface area contributed by atoms with Gasteiger partial charge in [0, 0.05) is 4.90 Å². The fourth-order valence-electron chi connectivity index (χ4n) is 1.37. The van der Waals surface area contributed by atoms with Gasteiger partial charge in [-0.05, 0) is 30.5 Å². The second-order valence-electron chi connectivity index (χ2n) is 3.10. The van der Waals surface area contributed by atoms with Crippen LogP contribution >= 0.6 is 11.8 Å². The maximum Gasteiger partial charge on any atom is 0.336 e. The molecule has 6 heteroatoms. The molecule has 1 saturated heterocycles. The van der Waals surface area contributed by atoms with Crippen molar-refractivity contribution in [1.82, 2.24) is 5.32 Å². The van der Waals surface area contributed by atoms with Crippen LogP contribution in [0, 0.1) is 0 Å². The number of benzene rings is 1. The highest BCUT2D eigenvalue weighted by atomic mass is 32.2. The number of hydrogen-bond acceptors (Lipinski definition) is 4. The molecule has 1 N–H and O–H groups in total. The van der Waals surface area contributed by atoms with E-state index in [9.17, 15) is 14.4 Å². The molecule has 0 spiro atoms. The third kappa shape index (κ3) is 1.67. The molecule has 82 valence electrons. The molecule has 0 aliphatic carbocycles. The first kappa shape index (κ1) is 10.7. The van der Waals surface area contributed by atoms with Gasteiger partial charge in [0.2, 0.25) is 0 Å². The number of urea groups is 1. The van der Waals surface area contributed by atoms with E-state index in [4.69, 9.17) is 0 Å². The third-order valence-electron chi connectivity index (χ3n) is 2.15. The Kier molecular flexibility index (Phi) is 2.66. The van der Waals surface area contributed by atoms with Crippen LogP contribution in [0.4, 0.5) is 10.5 Å². The van der Waals surface area contributed by atoms with Crippen molar-refractivity contribution < 1.29 is 14.4 Å². The van der Waals surface area contributed by atoms with E-state index in [1.807, 2.05) is 11.6 Å². The van der Waals surface area contributed by atoms with Gasteiger partial charge in [0.15, 0.2) is 0 Å². The van der Waals surface area contributed by atoms with Crippen LogP contribution in [-0.4, -0.2) is 24.1 Å². The largest absolute Gasteiger partial charge is 0.336 e. The highest BCUT2D eigenvalue weighted by Crippen LogP contribution is 2.22. The number of thioether (sulfide) groups is 1. The molecule has 0 aromatic heterocycles. The van der Waals surface area contributed by atoms with Gasteiger partial charge in [-0.25, -0.2) is 9.69 Å². The minimum absolute atomic E-state index is 0.395. The van der Waals surface area contributed by atoms with Gasteiger partial charge in [0.25, 0.3) is 0 Å². The summed E-state index contributed by atoms with van der Waals surface area (Å²) in [5, 5.41) is 1.94.